The van der Waals surface area contributed by atoms with Crippen molar-refractivity contribution < 1.29 is 18.0 Å². The quantitative estimate of drug-likeness (QED) is 0.817. The molecule has 0 fully saturated rings. The SMILES string of the molecule is Cn1cnc(C(=O)C(C#N)c2cccc(C(F)(F)F)c2)c1. The number of rotatable bonds is 3. The molecule has 1 aromatic heterocycles. The summed E-state index contributed by atoms with van der Waals surface area (Å²) in [5.74, 6) is -1.94. The molecule has 0 amide bonds. The number of aromatic nitrogens is 2. The Hall–Kier alpha value is -2.62. The van der Waals surface area contributed by atoms with E-state index in [4.69, 9.17) is 5.26 Å². The van der Waals surface area contributed by atoms with Crippen molar-refractivity contribution in [3.8, 4) is 6.07 Å². The van der Waals surface area contributed by atoms with Gasteiger partial charge in [-0.15, -0.1) is 0 Å². The fraction of sp³-hybridized carbons (Fsp3) is 0.214. The molecule has 21 heavy (non-hydrogen) atoms. The number of hydrogen-bond acceptors (Lipinski definition) is 3. The van der Waals surface area contributed by atoms with E-state index in [0.29, 0.717) is 0 Å². The number of hydrogen-bond donors (Lipinski definition) is 0. The molecule has 2 rings (SSSR count). The number of carbonyl (C=O) groups is 1. The monoisotopic (exact) mass is 293 g/mol. The van der Waals surface area contributed by atoms with Crippen LogP contribution in [0.25, 0.3) is 0 Å². The smallest absolute Gasteiger partial charge is 0.340 e. The standard InChI is InChI=1S/C14H10F3N3O/c1-20-7-12(19-8-20)13(21)11(6-18)9-3-2-4-10(5-9)14(15,16)17/h2-5,7-8,11H,1H3. The van der Waals surface area contributed by atoms with Gasteiger partial charge in [0.2, 0.25) is 5.78 Å². The number of imidazole rings is 1. The Morgan fingerprint density at radius 1 is 1.43 bits per heavy atom. The van der Waals surface area contributed by atoms with Crippen LogP contribution in [0.15, 0.2) is 36.8 Å². The van der Waals surface area contributed by atoms with Gasteiger partial charge in [-0.1, -0.05) is 18.2 Å². The molecular weight excluding hydrogens is 283 g/mol. The molecule has 0 N–H and O–H groups in total. The number of carbonyl (C=O) groups excluding carboxylic acids is 1. The second-order valence-corrected chi connectivity index (χ2v) is 4.47. The Morgan fingerprint density at radius 3 is 2.67 bits per heavy atom. The van der Waals surface area contributed by atoms with E-state index in [1.165, 1.54) is 29.2 Å². The largest absolute Gasteiger partial charge is 0.416 e. The summed E-state index contributed by atoms with van der Waals surface area (Å²) in [6, 6.07) is 5.94. The molecule has 0 saturated carbocycles. The van der Waals surface area contributed by atoms with Crippen molar-refractivity contribution in [2.24, 2.45) is 7.05 Å². The normalized spacial score (nSPS) is 12.7. The molecule has 0 saturated heterocycles. The first-order valence-electron chi connectivity index (χ1n) is 5.92. The molecule has 2 aromatic rings. The molecule has 1 heterocycles. The first kappa shape index (κ1) is 14.8. The molecule has 0 aliphatic carbocycles. The highest BCUT2D eigenvalue weighted by Gasteiger charge is 2.32. The Kier molecular flexibility index (Phi) is 3.80. The summed E-state index contributed by atoms with van der Waals surface area (Å²) in [7, 11) is 1.65. The summed E-state index contributed by atoms with van der Waals surface area (Å²) in [6.45, 7) is 0. The van der Waals surface area contributed by atoms with Gasteiger partial charge in [-0.25, -0.2) is 4.98 Å². The molecule has 1 aromatic carbocycles. The lowest BCUT2D eigenvalue weighted by molar-refractivity contribution is -0.137. The number of Topliss-reactive ketones (excluding diaryl/α,β-unsaturated/α-hetero) is 1. The van der Waals surface area contributed by atoms with Crippen LogP contribution in [0, 0.1) is 11.3 Å². The van der Waals surface area contributed by atoms with Crippen LogP contribution in [0.2, 0.25) is 0 Å². The maximum absolute atomic E-state index is 12.7. The summed E-state index contributed by atoms with van der Waals surface area (Å²) >= 11 is 0. The van der Waals surface area contributed by atoms with Crippen LogP contribution in [0.5, 0.6) is 0 Å². The van der Waals surface area contributed by atoms with E-state index in [0.717, 1.165) is 12.1 Å². The predicted octanol–water partition coefficient (Wildman–Crippen LogP) is 2.93. The lowest BCUT2D eigenvalue weighted by Crippen LogP contribution is -2.13. The highest BCUT2D eigenvalue weighted by Crippen LogP contribution is 2.31. The average molecular weight is 293 g/mol. The van der Waals surface area contributed by atoms with Gasteiger partial charge in [0.05, 0.1) is 18.0 Å². The van der Waals surface area contributed by atoms with Gasteiger partial charge in [0.1, 0.15) is 11.6 Å². The molecule has 1 unspecified atom stereocenters. The first-order valence-corrected chi connectivity index (χ1v) is 5.92. The topological polar surface area (TPSA) is 58.7 Å². The molecule has 108 valence electrons. The van der Waals surface area contributed by atoms with Crippen molar-refractivity contribution in [2.75, 3.05) is 0 Å². The fourth-order valence-electron chi connectivity index (χ4n) is 1.87. The van der Waals surface area contributed by atoms with Gasteiger partial charge in [0.25, 0.3) is 0 Å². The van der Waals surface area contributed by atoms with Crippen molar-refractivity contribution in [1.29, 1.82) is 5.26 Å². The second-order valence-electron chi connectivity index (χ2n) is 4.47. The van der Waals surface area contributed by atoms with Gasteiger partial charge in [-0.3, -0.25) is 4.79 Å². The second kappa shape index (κ2) is 5.40. The predicted molar refractivity (Wildman–Crippen MR) is 67.3 cm³/mol. The van der Waals surface area contributed by atoms with Gasteiger partial charge >= 0.3 is 6.18 Å². The maximum Gasteiger partial charge on any atom is 0.416 e. The molecule has 4 nitrogen and oxygen atoms in total. The third kappa shape index (κ3) is 3.11. The molecule has 7 heteroatoms. The fourth-order valence-corrected chi connectivity index (χ4v) is 1.87. The Balaban J connectivity index is 2.39. The first-order chi connectivity index (χ1) is 9.82. The number of nitrogens with zero attached hydrogens (tertiary/aromatic N) is 3. The number of ketones is 1. The van der Waals surface area contributed by atoms with Crippen LogP contribution in [-0.2, 0) is 13.2 Å². The van der Waals surface area contributed by atoms with Crippen molar-refractivity contribution in [2.45, 2.75) is 12.1 Å². The lowest BCUT2D eigenvalue weighted by Gasteiger charge is -2.11. The molecule has 0 bridgehead atoms. The molecular formula is C14H10F3N3O. The van der Waals surface area contributed by atoms with Crippen molar-refractivity contribution in [1.82, 2.24) is 9.55 Å². The Morgan fingerprint density at radius 2 is 2.14 bits per heavy atom. The van der Waals surface area contributed by atoms with E-state index in [9.17, 15) is 18.0 Å². The Bertz CT molecular complexity index is 713. The minimum Gasteiger partial charge on any atom is -0.340 e. The van der Waals surface area contributed by atoms with Crippen LogP contribution in [0.3, 0.4) is 0 Å². The number of alkyl halides is 3. The van der Waals surface area contributed by atoms with Crippen LogP contribution in [0.1, 0.15) is 27.5 Å². The van der Waals surface area contributed by atoms with Crippen molar-refractivity contribution >= 4 is 5.78 Å². The van der Waals surface area contributed by atoms with Crippen LogP contribution >= 0.6 is 0 Å². The van der Waals surface area contributed by atoms with Gasteiger partial charge in [0, 0.05) is 13.2 Å². The average Bonchev–Trinajstić information content (AvgIpc) is 2.85. The van der Waals surface area contributed by atoms with Crippen molar-refractivity contribution in [3.05, 3.63) is 53.6 Å². The number of benzene rings is 1. The molecule has 0 aliphatic heterocycles. The minimum absolute atomic E-state index is 0.00276. The number of aryl methyl sites for hydroxylation is 1. The molecule has 0 radical (unpaired) electrons. The molecule has 1 atom stereocenters. The summed E-state index contributed by atoms with van der Waals surface area (Å²) in [4.78, 5) is 16.0. The van der Waals surface area contributed by atoms with Gasteiger partial charge in [-0.2, -0.15) is 18.4 Å². The molecule has 0 spiro atoms. The lowest BCUT2D eigenvalue weighted by atomic mass is 9.93. The third-order valence-electron chi connectivity index (χ3n) is 2.90. The van der Waals surface area contributed by atoms with Crippen LogP contribution in [-0.4, -0.2) is 15.3 Å². The number of nitriles is 1. The number of halogens is 3. The zero-order valence-corrected chi connectivity index (χ0v) is 10.9. The van der Waals surface area contributed by atoms with Gasteiger partial charge in [-0.05, 0) is 11.6 Å². The zero-order valence-electron chi connectivity index (χ0n) is 10.9. The zero-order chi connectivity index (χ0) is 15.6. The summed E-state index contributed by atoms with van der Waals surface area (Å²) in [5, 5.41) is 9.13. The Labute approximate surface area is 118 Å². The third-order valence-corrected chi connectivity index (χ3v) is 2.90. The summed E-state index contributed by atoms with van der Waals surface area (Å²) in [6.07, 6.45) is -1.72. The maximum atomic E-state index is 12.7. The van der Waals surface area contributed by atoms with E-state index in [1.807, 2.05) is 0 Å². The van der Waals surface area contributed by atoms with Crippen LogP contribution in [0.4, 0.5) is 13.2 Å². The van der Waals surface area contributed by atoms with Gasteiger partial charge in [0.15, 0.2) is 0 Å². The highest BCUT2D eigenvalue weighted by molar-refractivity contribution is 6.01. The van der Waals surface area contributed by atoms with E-state index in [1.54, 1.807) is 13.1 Å². The summed E-state index contributed by atoms with van der Waals surface area (Å²) in [5.41, 5.74) is -0.849. The van der Waals surface area contributed by atoms with E-state index in [2.05, 4.69) is 4.98 Å². The van der Waals surface area contributed by atoms with Crippen molar-refractivity contribution in [3.63, 3.8) is 0 Å². The highest BCUT2D eigenvalue weighted by atomic mass is 19.4. The minimum atomic E-state index is -4.52. The van der Waals surface area contributed by atoms with Gasteiger partial charge < -0.3 is 4.57 Å². The van der Waals surface area contributed by atoms with E-state index >= 15 is 0 Å². The van der Waals surface area contributed by atoms with E-state index < -0.39 is 23.4 Å². The van der Waals surface area contributed by atoms with E-state index in [-0.39, 0.29) is 11.3 Å². The molecule has 0 aliphatic rings. The summed E-state index contributed by atoms with van der Waals surface area (Å²) < 4.78 is 39.6. The van der Waals surface area contributed by atoms with Crippen LogP contribution < -0.4 is 0 Å².